The Kier molecular flexibility index (Phi) is 5.69. The van der Waals surface area contributed by atoms with Crippen LogP contribution in [0.5, 0.6) is 0 Å². The predicted octanol–water partition coefficient (Wildman–Crippen LogP) is 4.72. The summed E-state index contributed by atoms with van der Waals surface area (Å²) >= 11 is 0. The lowest BCUT2D eigenvalue weighted by Crippen LogP contribution is -2.15. The van der Waals surface area contributed by atoms with Crippen molar-refractivity contribution in [2.75, 3.05) is 10.6 Å². The third-order valence-corrected chi connectivity index (χ3v) is 4.26. The topological polar surface area (TPSA) is 101 Å². The summed E-state index contributed by atoms with van der Waals surface area (Å²) in [4.78, 5) is 35.7. The van der Waals surface area contributed by atoms with Crippen LogP contribution in [0.2, 0.25) is 0 Å². The SMILES string of the molecule is Cc1cccc(C(=O)Nc2ccc([N+](=O)[O-])c(NC(=O)c3cccc(C)c3)c2)c1. The van der Waals surface area contributed by atoms with Crippen LogP contribution in [0.25, 0.3) is 0 Å². The molecule has 0 unspecified atom stereocenters. The fraction of sp³-hybridized carbons (Fsp3) is 0.0909. The number of aryl methyl sites for hydroxylation is 2. The van der Waals surface area contributed by atoms with Gasteiger partial charge in [0, 0.05) is 22.9 Å². The Morgan fingerprint density at radius 2 is 1.34 bits per heavy atom. The molecule has 0 aromatic heterocycles. The van der Waals surface area contributed by atoms with Gasteiger partial charge in [-0.2, -0.15) is 0 Å². The average Bonchev–Trinajstić information content (AvgIpc) is 2.68. The molecule has 7 heteroatoms. The standard InChI is InChI=1S/C22H19N3O4/c1-14-5-3-7-16(11-14)21(26)23-18-9-10-20(25(28)29)19(13-18)24-22(27)17-8-4-6-15(2)12-17/h3-13H,1-2H3,(H,23,26)(H,24,27). The molecular formula is C22H19N3O4. The Balaban J connectivity index is 1.87. The van der Waals surface area contributed by atoms with Crippen LogP contribution in [0, 0.1) is 24.0 Å². The highest BCUT2D eigenvalue weighted by Gasteiger charge is 2.18. The molecule has 3 aromatic rings. The fourth-order valence-corrected chi connectivity index (χ4v) is 2.84. The molecule has 0 saturated heterocycles. The Morgan fingerprint density at radius 3 is 1.86 bits per heavy atom. The van der Waals surface area contributed by atoms with E-state index in [1.807, 2.05) is 26.0 Å². The van der Waals surface area contributed by atoms with E-state index in [1.54, 1.807) is 36.4 Å². The molecule has 0 saturated carbocycles. The van der Waals surface area contributed by atoms with Gasteiger partial charge < -0.3 is 10.6 Å². The van der Waals surface area contributed by atoms with Crippen molar-refractivity contribution in [3.05, 3.63) is 99.1 Å². The molecule has 3 rings (SSSR count). The third-order valence-electron chi connectivity index (χ3n) is 4.26. The molecule has 0 aliphatic heterocycles. The number of nitrogens with one attached hydrogen (secondary N) is 2. The number of carbonyl (C=O) groups excluding carboxylic acids is 2. The van der Waals surface area contributed by atoms with Crippen LogP contribution in [0.1, 0.15) is 31.8 Å². The molecule has 0 aliphatic rings. The van der Waals surface area contributed by atoms with Gasteiger partial charge in [-0.25, -0.2) is 0 Å². The maximum Gasteiger partial charge on any atom is 0.292 e. The maximum atomic E-state index is 12.5. The van der Waals surface area contributed by atoms with E-state index in [2.05, 4.69) is 10.6 Å². The van der Waals surface area contributed by atoms with E-state index >= 15 is 0 Å². The van der Waals surface area contributed by atoms with E-state index in [4.69, 9.17) is 0 Å². The number of benzene rings is 3. The Bertz CT molecular complexity index is 1110. The molecular weight excluding hydrogens is 370 g/mol. The van der Waals surface area contributed by atoms with Crippen LogP contribution in [0.3, 0.4) is 0 Å². The molecule has 0 spiro atoms. The Hall–Kier alpha value is -4.00. The quantitative estimate of drug-likeness (QED) is 0.487. The largest absolute Gasteiger partial charge is 0.322 e. The number of amides is 2. The number of hydrogen-bond acceptors (Lipinski definition) is 4. The zero-order valence-electron chi connectivity index (χ0n) is 15.9. The molecule has 0 heterocycles. The molecule has 3 aromatic carbocycles. The lowest BCUT2D eigenvalue weighted by molar-refractivity contribution is -0.383. The Morgan fingerprint density at radius 1 is 0.793 bits per heavy atom. The molecule has 146 valence electrons. The van der Waals surface area contributed by atoms with E-state index in [-0.39, 0.29) is 17.3 Å². The van der Waals surface area contributed by atoms with Crippen molar-refractivity contribution in [1.82, 2.24) is 0 Å². The fourth-order valence-electron chi connectivity index (χ4n) is 2.84. The summed E-state index contributed by atoms with van der Waals surface area (Å²) in [5.41, 5.74) is 2.76. The number of hydrogen-bond donors (Lipinski definition) is 2. The summed E-state index contributed by atoms with van der Waals surface area (Å²) in [5.74, 6) is -0.822. The lowest BCUT2D eigenvalue weighted by Gasteiger charge is -2.10. The highest BCUT2D eigenvalue weighted by atomic mass is 16.6. The normalized spacial score (nSPS) is 10.3. The summed E-state index contributed by atoms with van der Waals surface area (Å²) < 4.78 is 0. The predicted molar refractivity (Wildman–Crippen MR) is 111 cm³/mol. The minimum Gasteiger partial charge on any atom is -0.322 e. The van der Waals surface area contributed by atoms with Crippen molar-refractivity contribution < 1.29 is 14.5 Å². The summed E-state index contributed by atoms with van der Waals surface area (Å²) in [7, 11) is 0. The summed E-state index contributed by atoms with van der Waals surface area (Å²) in [6, 6.07) is 18.0. The molecule has 0 atom stereocenters. The summed E-state index contributed by atoms with van der Waals surface area (Å²) in [6.07, 6.45) is 0. The van der Waals surface area contributed by atoms with Gasteiger partial charge in [-0.3, -0.25) is 19.7 Å². The second-order valence-corrected chi connectivity index (χ2v) is 6.64. The van der Waals surface area contributed by atoms with E-state index in [0.717, 1.165) is 11.1 Å². The highest BCUT2D eigenvalue weighted by Crippen LogP contribution is 2.28. The lowest BCUT2D eigenvalue weighted by atomic mass is 10.1. The molecule has 0 fully saturated rings. The Labute approximate surface area is 167 Å². The van der Waals surface area contributed by atoms with Gasteiger partial charge in [-0.15, -0.1) is 0 Å². The van der Waals surface area contributed by atoms with Crippen molar-refractivity contribution in [3.63, 3.8) is 0 Å². The zero-order chi connectivity index (χ0) is 21.0. The number of nitro groups is 1. The maximum absolute atomic E-state index is 12.5. The number of nitrogens with zero attached hydrogens (tertiary/aromatic N) is 1. The van der Waals surface area contributed by atoms with Crippen molar-refractivity contribution in [2.45, 2.75) is 13.8 Å². The molecule has 0 radical (unpaired) electrons. The van der Waals surface area contributed by atoms with Crippen LogP contribution in [-0.4, -0.2) is 16.7 Å². The molecule has 0 bridgehead atoms. The first-order valence-corrected chi connectivity index (χ1v) is 8.88. The van der Waals surface area contributed by atoms with Crippen LogP contribution < -0.4 is 10.6 Å². The van der Waals surface area contributed by atoms with E-state index in [9.17, 15) is 19.7 Å². The summed E-state index contributed by atoms with van der Waals surface area (Å²) in [6.45, 7) is 3.72. The van der Waals surface area contributed by atoms with Gasteiger partial charge in [0.15, 0.2) is 0 Å². The first-order chi connectivity index (χ1) is 13.8. The smallest absolute Gasteiger partial charge is 0.292 e. The third kappa shape index (κ3) is 4.84. The van der Waals surface area contributed by atoms with E-state index in [1.165, 1.54) is 18.2 Å². The second kappa shape index (κ2) is 8.35. The zero-order valence-corrected chi connectivity index (χ0v) is 15.9. The van der Waals surface area contributed by atoms with E-state index < -0.39 is 10.8 Å². The molecule has 7 nitrogen and oxygen atoms in total. The van der Waals surface area contributed by atoms with Crippen LogP contribution in [0.15, 0.2) is 66.7 Å². The average molecular weight is 389 g/mol. The van der Waals surface area contributed by atoms with Gasteiger partial charge in [0.2, 0.25) is 0 Å². The first kappa shape index (κ1) is 19.8. The van der Waals surface area contributed by atoms with Gasteiger partial charge in [-0.05, 0) is 50.2 Å². The molecule has 0 aliphatic carbocycles. The monoisotopic (exact) mass is 389 g/mol. The number of anilines is 2. The highest BCUT2D eigenvalue weighted by molar-refractivity contribution is 6.07. The first-order valence-electron chi connectivity index (χ1n) is 8.88. The van der Waals surface area contributed by atoms with Crippen molar-refractivity contribution in [2.24, 2.45) is 0 Å². The molecule has 2 amide bonds. The van der Waals surface area contributed by atoms with Crippen LogP contribution >= 0.6 is 0 Å². The number of rotatable bonds is 5. The van der Waals surface area contributed by atoms with Crippen molar-refractivity contribution in [3.8, 4) is 0 Å². The second-order valence-electron chi connectivity index (χ2n) is 6.64. The van der Waals surface area contributed by atoms with Crippen molar-refractivity contribution >= 4 is 28.9 Å². The van der Waals surface area contributed by atoms with Gasteiger partial charge in [0.05, 0.1) is 4.92 Å². The van der Waals surface area contributed by atoms with Gasteiger partial charge >= 0.3 is 0 Å². The van der Waals surface area contributed by atoms with Gasteiger partial charge in [-0.1, -0.05) is 35.4 Å². The van der Waals surface area contributed by atoms with Gasteiger partial charge in [0.1, 0.15) is 5.69 Å². The van der Waals surface area contributed by atoms with Crippen LogP contribution in [-0.2, 0) is 0 Å². The summed E-state index contributed by atoms with van der Waals surface area (Å²) in [5, 5.41) is 16.6. The van der Waals surface area contributed by atoms with Crippen molar-refractivity contribution in [1.29, 1.82) is 0 Å². The van der Waals surface area contributed by atoms with Gasteiger partial charge in [0.25, 0.3) is 17.5 Å². The number of carbonyl (C=O) groups is 2. The van der Waals surface area contributed by atoms with E-state index in [0.29, 0.717) is 16.8 Å². The molecule has 29 heavy (non-hydrogen) atoms. The minimum atomic E-state index is -0.585. The molecule has 2 N–H and O–H groups in total. The van der Waals surface area contributed by atoms with Crippen LogP contribution in [0.4, 0.5) is 17.1 Å². The minimum absolute atomic E-state index is 0.00329. The number of nitro benzene ring substituents is 1.